The molecule has 4 heterocycles. The molecule has 0 amide bonds. The van der Waals surface area contributed by atoms with E-state index in [0.29, 0.717) is 5.92 Å². The lowest BCUT2D eigenvalue weighted by molar-refractivity contribution is 0.489. The van der Waals surface area contributed by atoms with Crippen molar-refractivity contribution in [2.24, 2.45) is 7.05 Å². The summed E-state index contributed by atoms with van der Waals surface area (Å²) >= 11 is 0. The number of nitrogens with one attached hydrogen (secondary N) is 1. The van der Waals surface area contributed by atoms with Crippen molar-refractivity contribution in [1.29, 1.82) is 0 Å². The Bertz CT molecular complexity index is 1090. The predicted octanol–water partition coefficient (Wildman–Crippen LogP) is 3.45. The lowest BCUT2D eigenvalue weighted by Gasteiger charge is -2.31. The number of para-hydroxylation sites is 2. The Kier molecular flexibility index (Phi) is 4.07. The molecule has 1 aromatic carbocycles. The molecular weight excluding hydrogens is 350 g/mol. The van der Waals surface area contributed by atoms with Gasteiger partial charge in [0.15, 0.2) is 0 Å². The van der Waals surface area contributed by atoms with Crippen molar-refractivity contribution < 1.29 is 0 Å². The van der Waals surface area contributed by atoms with Gasteiger partial charge in [-0.3, -0.25) is 4.68 Å². The molecule has 142 valence electrons. The van der Waals surface area contributed by atoms with Crippen LogP contribution >= 0.6 is 0 Å². The highest BCUT2D eigenvalue weighted by molar-refractivity contribution is 5.74. The summed E-state index contributed by atoms with van der Waals surface area (Å²) in [5, 5.41) is 4.43. The van der Waals surface area contributed by atoms with Crippen molar-refractivity contribution in [1.82, 2.24) is 29.7 Å². The molecule has 1 fully saturated rings. The first-order valence-electron chi connectivity index (χ1n) is 9.70. The van der Waals surface area contributed by atoms with E-state index in [9.17, 15) is 0 Å². The first-order valence-corrected chi connectivity index (χ1v) is 9.70. The van der Waals surface area contributed by atoms with Crippen LogP contribution in [0.15, 0.2) is 42.7 Å². The monoisotopic (exact) mass is 373 g/mol. The van der Waals surface area contributed by atoms with Gasteiger partial charge in [-0.2, -0.15) is 5.10 Å². The third kappa shape index (κ3) is 3.02. The van der Waals surface area contributed by atoms with Gasteiger partial charge in [-0.1, -0.05) is 12.1 Å². The summed E-state index contributed by atoms with van der Waals surface area (Å²) in [6.07, 6.45) is 6.07. The van der Waals surface area contributed by atoms with Gasteiger partial charge in [-0.15, -0.1) is 0 Å². The number of nitrogens with zero attached hydrogens (tertiary/aromatic N) is 6. The van der Waals surface area contributed by atoms with Crippen LogP contribution < -0.4 is 4.90 Å². The third-order valence-corrected chi connectivity index (χ3v) is 5.43. The van der Waals surface area contributed by atoms with Crippen LogP contribution in [0.3, 0.4) is 0 Å². The van der Waals surface area contributed by atoms with Gasteiger partial charge in [0.2, 0.25) is 5.95 Å². The third-order valence-electron chi connectivity index (χ3n) is 5.43. The normalized spacial score (nSPS) is 17.4. The van der Waals surface area contributed by atoms with E-state index in [1.54, 1.807) is 0 Å². The molecule has 7 nitrogen and oxygen atoms in total. The Morgan fingerprint density at radius 1 is 1.14 bits per heavy atom. The zero-order valence-electron chi connectivity index (χ0n) is 16.1. The number of piperidine rings is 1. The van der Waals surface area contributed by atoms with E-state index in [1.165, 1.54) is 0 Å². The lowest BCUT2D eigenvalue weighted by Crippen LogP contribution is -2.36. The topological polar surface area (TPSA) is 75.5 Å². The average Bonchev–Trinajstić information content (AvgIpc) is 3.31. The Morgan fingerprint density at radius 3 is 2.86 bits per heavy atom. The summed E-state index contributed by atoms with van der Waals surface area (Å²) in [4.78, 5) is 20.0. The van der Waals surface area contributed by atoms with Crippen LogP contribution in [0.1, 0.15) is 30.3 Å². The Hall–Kier alpha value is -3.22. The highest BCUT2D eigenvalue weighted by Crippen LogP contribution is 2.29. The van der Waals surface area contributed by atoms with Gasteiger partial charge in [-0.25, -0.2) is 15.0 Å². The second kappa shape index (κ2) is 6.74. The van der Waals surface area contributed by atoms with Crippen molar-refractivity contribution in [3.63, 3.8) is 0 Å². The zero-order chi connectivity index (χ0) is 19.1. The van der Waals surface area contributed by atoms with Gasteiger partial charge in [0.1, 0.15) is 5.82 Å². The SMILES string of the molecule is Cc1nn(C)cc1-c1ccnc(N2CCCC(c3nc4ccccc4[nH]3)C2)n1. The Morgan fingerprint density at radius 2 is 2.04 bits per heavy atom. The van der Waals surface area contributed by atoms with Gasteiger partial charge in [0.25, 0.3) is 0 Å². The van der Waals surface area contributed by atoms with Crippen molar-refractivity contribution in [3.8, 4) is 11.3 Å². The number of aryl methyl sites for hydroxylation is 2. The van der Waals surface area contributed by atoms with Crippen LogP contribution in [-0.2, 0) is 7.05 Å². The maximum absolute atomic E-state index is 4.84. The highest BCUT2D eigenvalue weighted by atomic mass is 15.3. The molecule has 0 spiro atoms. The van der Waals surface area contributed by atoms with E-state index in [0.717, 1.165) is 65.7 Å². The number of H-pyrrole nitrogens is 1. The fourth-order valence-corrected chi connectivity index (χ4v) is 4.05. The fourth-order valence-electron chi connectivity index (χ4n) is 4.05. The number of aromatic nitrogens is 6. The summed E-state index contributed by atoms with van der Waals surface area (Å²) in [5.41, 5.74) is 5.07. The lowest BCUT2D eigenvalue weighted by atomic mass is 9.97. The number of hydrogen-bond donors (Lipinski definition) is 1. The summed E-state index contributed by atoms with van der Waals surface area (Å²) in [6, 6.07) is 10.2. The maximum Gasteiger partial charge on any atom is 0.225 e. The molecule has 0 bridgehead atoms. The molecule has 28 heavy (non-hydrogen) atoms. The minimum atomic E-state index is 0.355. The number of rotatable bonds is 3. The number of hydrogen-bond acceptors (Lipinski definition) is 5. The van der Waals surface area contributed by atoms with Crippen LogP contribution in [0.2, 0.25) is 0 Å². The van der Waals surface area contributed by atoms with Gasteiger partial charge >= 0.3 is 0 Å². The largest absolute Gasteiger partial charge is 0.342 e. The van der Waals surface area contributed by atoms with Gasteiger partial charge < -0.3 is 9.88 Å². The van der Waals surface area contributed by atoms with E-state index in [2.05, 4.69) is 32.1 Å². The van der Waals surface area contributed by atoms with Crippen LogP contribution in [0.5, 0.6) is 0 Å². The minimum Gasteiger partial charge on any atom is -0.342 e. The Balaban J connectivity index is 1.42. The molecule has 1 saturated heterocycles. The van der Waals surface area contributed by atoms with E-state index < -0.39 is 0 Å². The smallest absolute Gasteiger partial charge is 0.225 e. The van der Waals surface area contributed by atoms with Crippen LogP contribution in [0.25, 0.3) is 22.3 Å². The number of aromatic amines is 1. The number of benzene rings is 1. The summed E-state index contributed by atoms with van der Waals surface area (Å²) in [6.45, 7) is 3.84. The van der Waals surface area contributed by atoms with Crippen molar-refractivity contribution in [2.45, 2.75) is 25.7 Å². The first kappa shape index (κ1) is 16.9. The number of imidazole rings is 1. The summed E-state index contributed by atoms with van der Waals surface area (Å²) < 4.78 is 1.82. The molecule has 0 radical (unpaired) electrons. The van der Waals surface area contributed by atoms with Gasteiger partial charge in [-0.05, 0) is 38.0 Å². The molecule has 3 aromatic heterocycles. The second-order valence-electron chi connectivity index (χ2n) is 7.47. The van der Waals surface area contributed by atoms with Crippen molar-refractivity contribution in [2.75, 3.05) is 18.0 Å². The average molecular weight is 373 g/mol. The molecule has 1 unspecified atom stereocenters. The van der Waals surface area contributed by atoms with E-state index in [-0.39, 0.29) is 0 Å². The van der Waals surface area contributed by atoms with E-state index in [4.69, 9.17) is 9.97 Å². The van der Waals surface area contributed by atoms with E-state index in [1.807, 2.05) is 49.2 Å². The molecular formula is C21H23N7. The molecule has 5 rings (SSSR count). The van der Waals surface area contributed by atoms with E-state index >= 15 is 0 Å². The first-order chi connectivity index (χ1) is 13.7. The highest BCUT2D eigenvalue weighted by Gasteiger charge is 2.25. The summed E-state index contributed by atoms with van der Waals surface area (Å²) in [7, 11) is 1.93. The molecule has 1 N–H and O–H groups in total. The Labute approximate surface area is 163 Å². The minimum absolute atomic E-state index is 0.355. The molecule has 1 atom stereocenters. The summed E-state index contributed by atoms with van der Waals surface area (Å²) in [5.74, 6) is 2.19. The second-order valence-corrected chi connectivity index (χ2v) is 7.47. The van der Waals surface area contributed by atoms with Crippen molar-refractivity contribution in [3.05, 3.63) is 54.2 Å². The fraction of sp³-hybridized carbons (Fsp3) is 0.333. The molecule has 0 aliphatic carbocycles. The molecule has 0 saturated carbocycles. The standard InChI is InChI=1S/C21H23N7/c1-14-16(13-27(2)26-14)17-9-10-22-21(25-17)28-11-5-6-15(12-28)20-23-18-7-3-4-8-19(18)24-20/h3-4,7-10,13,15H,5-6,11-12H2,1-2H3,(H,23,24). The molecule has 7 heteroatoms. The van der Waals surface area contributed by atoms with Gasteiger partial charge in [0, 0.05) is 44.0 Å². The van der Waals surface area contributed by atoms with Crippen LogP contribution in [-0.4, -0.2) is 42.8 Å². The molecule has 4 aromatic rings. The van der Waals surface area contributed by atoms with Crippen molar-refractivity contribution >= 4 is 17.0 Å². The maximum atomic E-state index is 4.84. The quantitative estimate of drug-likeness (QED) is 0.595. The zero-order valence-corrected chi connectivity index (χ0v) is 16.1. The number of fused-ring (bicyclic) bond motifs is 1. The van der Waals surface area contributed by atoms with Gasteiger partial charge in [0.05, 0.1) is 22.4 Å². The number of anilines is 1. The van der Waals surface area contributed by atoms with Crippen LogP contribution in [0, 0.1) is 6.92 Å². The predicted molar refractivity (Wildman–Crippen MR) is 109 cm³/mol. The molecule has 1 aliphatic heterocycles. The molecule has 1 aliphatic rings. The van der Waals surface area contributed by atoms with Crippen LogP contribution in [0.4, 0.5) is 5.95 Å².